The normalized spacial score (nSPS) is 15.9. The lowest BCUT2D eigenvalue weighted by atomic mass is 10.2. The first-order valence-electron chi connectivity index (χ1n) is 6.69. The number of hydrogen-bond acceptors (Lipinski definition) is 4. The van der Waals surface area contributed by atoms with E-state index in [2.05, 4.69) is 9.53 Å². The van der Waals surface area contributed by atoms with Crippen molar-refractivity contribution in [3.05, 3.63) is 66.2 Å². The zero-order valence-electron chi connectivity index (χ0n) is 12.3. The van der Waals surface area contributed by atoms with Crippen LogP contribution in [0.5, 0.6) is 0 Å². The third-order valence-corrected chi connectivity index (χ3v) is 6.62. The van der Waals surface area contributed by atoms with E-state index < -0.39 is 23.1 Å². The molecule has 2 aromatic rings. The molecule has 22 heavy (non-hydrogen) atoms. The Hall–Kier alpha value is -1.46. The number of nitrogens with one attached hydrogen (secondary N) is 1. The Bertz CT molecular complexity index is 763. The molecule has 0 aliphatic rings. The summed E-state index contributed by atoms with van der Waals surface area (Å²) in [5.41, 5.74) is 0.386. The highest BCUT2D eigenvalue weighted by Gasteiger charge is 2.34. The van der Waals surface area contributed by atoms with Crippen LogP contribution in [0, 0.1) is 0 Å². The summed E-state index contributed by atoms with van der Waals surface area (Å²) in [6, 6.07) is 18.0. The molecule has 2 unspecified atom stereocenters. The second kappa shape index (κ2) is 6.75. The molecular weight excluding hydrogens is 321 g/mol. The monoisotopic (exact) mass is 339 g/mol. The van der Waals surface area contributed by atoms with E-state index in [-0.39, 0.29) is 0 Å². The van der Waals surface area contributed by atoms with Gasteiger partial charge in [-0.1, -0.05) is 60.7 Å². The molecule has 0 aliphatic heterocycles. The Kier molecular flexibility index (Phi) is 5.19. The van der Waals surface area contributed by atoms with Gasteiger partial charge in [0.25, 0.3) is 10.1 Å². The maximum Gasteiger partial charge on any atom is 0.280 e. The highest BCUT2D eigenvalue weighted by molar-refractivity contribution is 7.86. The minimum Gasteiger partial charge on any atom is -0.299 e. The van der Waals surface area contributed by atoms with Gasteiger partial charge in [-0.15, -0.1) is 5.25 Å². The number of rotatable bonds is 6. The summed E-state index contributed by atoms with van der Waals surface area (Å²) in [6.07, 6.45) is 0.905. The summed E-state index contributed by atoms with van der Waals surface area (Å²) in [5, 5.41) is 2.83. The Morgan fingerprint density at radius 3 is 2.00 bits per heavy atom. The summed E-state index contributed by atoms with van der Waals surface area (Å²) in [7, 11) is -7.10. The Morgan fingerprint density at radius 2 is 1.50 bits per heavy atom. The van der Waals surface area contributed by atoms with Crippen molar-refractivity contribution >= 4 is 22.7 Å². The smallest absolute Gasteiger partial charge is 0.280 e. The molecule has 0 bridgehead atoms. The third-order valence-electron chi connectivity index (χ3n) is 3.29. The van der Waals surface area contributed by atoms with Crippen molar-refractivity contribution in [3.8, 4) is 0 Å². The van der Waals surface area contributed by atoms with E-state index >= 15 is 0 Å². The number of hydrogen-bond donors (Lipinski definition) is 1. The van der Waals surface area contributed by atoms with Gasteiger partial charge >= 0.3 is 0 Å². The van der Waals surface area contributed by atoms with Gasteiger partial charge in [0.2, 0.25) is 7.29 Å². The minimum atomic E-state index is -3.76. The van der Waals surface area contributed by atoms with Crippen molar-refractivity contribution in [3.63, 3.8) is 0 Å². The predicted octanol–water partition coefficient (Wildman–Crippen LogP) is 2.83. The van der Waals surface area contributed by atoms with Crippen LogP contribution >= 0.6 is 7.29 Å². The summed E-state index contributed by atoms with van der Waals surface area (Å²) in [5.74, 6) is 0. The Morgan fingerprint density at radius 1 is 1.00 bits per heavy atom. The maximum atomic E-state index is 13.5. The summed E-state index contributed by atoms with van der Waals surface area (Å²) in [4.78, 5) is 0. The lowest BCUT2D eigenvalue weighted by Crippen LogP contribution is -2.25. The first kappa shape index (κ1) is 16.9. The van der Waals surface area contributed by atoms with Gasteiger partial charge < -0.3 is 0 Å². The molecule has 2 atom stereocenters. The molecule has 1 N–H and O–H groups in total. The zero-order valence-corrected chi connectivity index (χ0v) is 14.1. The fraction of sp³-hybridized carbons (Fsp3) is 0.200. The van der Waals surface area contributed by atoms with Crippen LogP contribution in [0.25, 0.3) is 0 Å². The van der Waals surface area contributed by atoms with Crippen LogP contribution in [-0.2, 0) is 19.0 Å². The van der Waals surface area contributed by atoms with Crippen molar-refractivity contribution in [1.82, 2.24) is 5.25 Å². The molecule has 0 saturated carbocycles. The lowest BCUT2D eigenvalue weighted by molar-refractivity contribution is 0.275. The second-order valence-electron chi connectivity index (χ2n) is 4.96. The summed E-state index contributed by atoms with van der Waals surface area (Å²) in [6.45, 7) is 1.78. The molecule has 2 rings (SSSR count). The molecule has 0 spiro atoms. The van der Waals surface area contributed by atoms with Crippen LogP contribution in [0.2, 0.25) is 0 Å². The fourth-order valence-electron chi connectivity index (χ4n) is 2.07. The molecule has 0 amide bonds. The zero-order chi connectivity index (χ0) is 16.2. The second-order valence-corrected chi connectivity index (χ2v) is 9.32. The SMILES string of the molecule is CC(c1ccccc1)P(=O)(NOS(C)(=O)=O)c1ccccc1. The van der Waals surface area contributed by atoms with Gasteiger partial charge in [-0.25, -0.2) is 0 Å². The van der Waals surface area contributed by atoms with E-state index in [0.29, 0.717) is 5.30 Å². The quantitative estimate of drug-likeness (QED) is 0.647. The highest BCUT2D eigenvalue weighted by atomic mass is 32.2. The molecular formula is C15H18NO4PS. The van der Waals surface area contributed by atoms with Crippen LogP contribution in [0.4, 0.5) is 0 Å². The van der Waals surface area contributed by atoms with E-state index in [1.807, 2.05) is 30.3 Å². The molecule has 2 aromatic carbocycles. The fourth-order valence-corrected chi connectivity index (χ4v) is 4.97. The standard InChI is InChI=1S/C15H18NO4PS/c1-13(14-9-5-3-6-10-14)21(17,16-20-22(2,18)19)15-11-7-4-8-12-15/h3-13H,1-2H3,(H,16,17). The molecule has 0 aromatic heterocycles. The van der Waals surface area contributed by atoms with Gasteiger partial charge in [-0.3, -0.25) is 4.57 Å². The van der Waals surface area contributed by atoms with Crippen LogP contribution in [-0.4, -0.2) is 14.7 Å². The van der Waals surface area contributed by atoms with Gasteiger partial charge in [0.1, 0.15) is 0 Å². The van der Waals surface area contributed by atoms with E-state index in [1.54, 1.807) is 37.3 Å². The van der Waals surface area contributed by atoms with E-state index in [9.17, 15) is 13.0 Å². The molecule has 0 radical (unpaired) electrons. The average Bonchev–Trinajstić information content (AvgIpc) is 2.53. The van der Waals surface area contributed by atoms with Gasteiger partial charge in [0.05, 0.1) is 11.9 Å². The van der Waals surface area contributed by atoms with Crippen molar-refractivity contribution in [2.45, 2.75) is 12.6 Å². The van der Waals surface area contributed by atoms with E-state index in [1.165, 1.54) is 0 Å². The first-order valence-corrected chi connectivity index (χ1v) is 10.3. The molecule has 0 saturated heterocycles. The van der Waals surface area contributed by atoms with Crippen LogP contribution in [0.1, 0.15) is 18.1 Å². The minimum absolute atomic E-state index is 0.446. The molecule has 0 aliphatic carbocycles. The molecule has 7 heteroatoms. The average molecular weight is 339 g/mol. The summed E-state index contributed by atoms with van der Waals surface area (Å²) < 4.78 is 40.6. The van der Waals surface area contributed by atoms with Crippen molar-refractivity contribution in [2.24, 2.45) is 0 Å². The van der Waals surface area contributed by atoms with Crippen LogP contribution < -0.4 is 10.6 Å². The topological polar surface area (TPSA) is 72.5 Å². The predicted molar refractivity (Wildman–Crippen MR) is 87.6 cm³/mol. The lowest BCUT2D eigenvalue weighted by Gasteiger charge is -2.25. The van der Waals surface area contributed by atoms with Gasteiger partial charge in [-0.2, -0.15) is 12.7 Å². The molecule has 0 heterocycles. The molecule has 5 nitrogen and oxygen atoms in total. The van der Waals surface area contributed by atoms with Gasteiger partial charge in [0, 0.05) is 5.30 Å². The van der Waals surface area contributed by atoms with Gasteiger partial charge in [0.15, 0.2) is 0 Å². The number of benzene rings is 2. The van der Waals surface area contributed by atoms with Crippen LogP contribution in [0.3, 0.4) is 0 Å². The van der Waals surface area contributed by atoms with E-state index in [4.69, 9.17) is 0 Å². The van der Waals surface area contributed by atoms with Crippen molar-refractivity contribution in [2.75, 3.05) is 6.26 Å². The van der Waals surface area contributed by atoms with Crippen LogP contribution in [0.15, 0.2) is 60.7 Å². The largest absolute Gasteiger partial charge is 0.299 e. The molecule has 0 fully saturated rings. The Balaban J connectivity index is 2.44. The third kappa shape index (κ3) is 4.05. The summed E-state index contributed by atoms with van der Waals surface area (Å²) >= 11 is 0. The molecule has 118 valence electrons. The highest BCUT2D eigenvalue weighted by Crippen LogP contribution is 2.54. The van der Waals surface area contributed by atoms with E-state index in [0.717, 1.165) is 11.8 Å². The first-order chi connectivity index (χ1) is 10.3. The van der Waals surface area contributed by atoms with Crippen molar-refractivity contribution < 1.29 is 17.3 Å². The van der Waals surface area contributed by atoms with Crippen molar-refractivity contribution in [1.29, 1.82) is 0 Å². The Labute approximate surface area is 130 Å². The van der Waals surface area contributed by atoms with Gasteiger partial charge in [-0.05, 0) is 12.5 Å². The maximum absolute atomic E-state index is 13.5.